The second kappa shape index (κ2) is 5.06. The van der Waals surface area contributed by atoms with E-state index in [2.05, 4.69) is 0 Å². The highest BCUT2D eigenvalue weighted by Gasteiger charge is 2.25. The lowest BCUT2D eigenvalue weighted by molar-refractivity contribution is -0.130. The Balaban J connectivity index is 2.01. The molecule has 2 N–H and O–H groups in total. The Morgan fingerprint density at radius 3 is 2.55 bits per heavy atom. The van der Waals surface area contributed by atoms with E-state index >= 15 is 0 Å². The van der Waals surface area contributed by atoms with Crippen LogP contribution in [0.4, 0.5) is 4.39 Å². The molecule has 1 amide bonds. The molecule has 20 heavy (non-hydrogen) atoms. The Kier molecular flexibility index (Phi) is 3.24. The van der Waals surface area contributed by atoms with Crippen molar-refractivity contribution in [1.29, 1.82) is 0 Å². The summed E-state index contributed by atoms with van der Waals surface area (Å²) in [6.07, 6.45) is 0.0785. The van der Waals surface area contributed by atoms with Crippen LogP contribution < -0.4 is 5.73 Å². The molecular weight excluding hydrogens is 257 g/mol. The Morgan fingerprint density at radius 2 is 1.85 bits per heavy atom. The highest BCUT2D eigenvalue weighted by atomic mass is 19.1. The first kappa shape index (κ1) is 12.8. The first-order valence-electron chi connectivity index (χ1n) is 6.45. The Bertz CT molecular complexity index is 652. The highest BCUT2D eigenvalue weighted by Crippen LogP contribution is 2.31. The molecule has 0 bridgehead atoms. The summed E-state index contributed by atoms with van der Waals surface area (Å²) in [6.45, 7) is 0.480. The molecule has 1 aliphatic rings. The molecule has 4 heteroatoms. The number of halogens is 1. The van der Waals surface area contributed by atoms with E-state index in [-0.39, 0.29) is 5.82 Å². The van der Waals surface area contributed by atoms with Crippen LogP contribution in [0.25, 0.3) is 11.1 Å². The summed E-state index contributed by atoms with van der Waals surface area (Å²) in [5.74, 6) is -0.727. The lowest BCUT2D eigenvalue weighted by Gasteiger charge is -2.24. The minimum Gasteiger partial charge on any atom is -0.367 e. The quantitative estimate of drug-likeness (QED) is 0.912. The maximum absolute atomic E-state index is 12.9. The highest BCUT2D eigenvalue weighted by molar-refractivity contribution is 5.81. The van der Waals surface area contributed by atoms with Crippen molar-refractivity contribution >= 4 is 5.91 Å². The summed E-state index contributed by atoms with van der Waals surface area (Å²) in [5, 5.41) is 0. The van der Waals surface area contributed by atoms with Crippen molar-refractivity contribution in [3.8, 4) is 11.1 Å². The van der Waals surface area contributed by atoms with Crippen LogP contribution in [0.1, 0.15) is 17.2 Å². The van der Waals surface area contributed by atoms with Crippen molar-refractivity contribution in [3.63, 3.8) is 0 Å². The van der Waals surface area contributed by atoms with Gasteiger partial charge < -0.3 is 10.5 Å². The summed E-state index contributed by atoms with van der Waals surface area (Å²) in [7, 11) is 0. The van der Waals surface area contributed by atoms with E-state index in [0.717, 1.165) is 28.7 Å². The number of rotatable bonds is 2. The minimum absolute atomic E-state index is 0.256. The minimum atomic E-state index is -0.666. The van der Waals surface area contributed by atoms with Crippen molar-refractivity contribution < 1.29 is 13.9 Å². The van der Waals surface area contributed by atoms with Crippen molar-refractivity contribution in [2.75, 3.05) is 6.61 Å². The molecule has 3 rings (SSSR count). The van der Waals surface area contributed by atoms with Crippen LogP contribution in [0, 0.1) is 5.82 Å². The number of hydrogen-bond donors (Lipinski definition) is 1. The van der Waals surface area contributed by atoms with Crippen LogP contribution in [-0.2, 0) is 16.0 Å². The predicted octanol–water partition coefficient (Wildman–Crippen LogP) is 2.59. The molecule has 1 heterocycles. The van der Waals surface area contributed by atoms with Crippen LogP contribution in [0.15, 0.2) is 42.5 Å². The number of benzene rings is 2. The van der Waals surface area contributed by atoms with Crippen LogP contribution >= 0.6 is 0 Å². The number of ether oxygens (including phenoxy) is 1. The Hall–Kier alpha value is -2.20. The molecule has 1 unspecified atom stereocenters. The van der Waals surface area contributed by atoms with E-state index in [9.17, 15) is 9.18 Å². The molecule has 2 aromatic rings. The summed E-state index contributed by atoms with van der Waals surface area (Å²) < 4.78 is 18.4. The molecule has 0 saturated heterocycles. The van der Waals surface area contributed by atoms with Gasteiger partial charge in [-0.3, -0.25) is 4.79 Å². The molecule has 0 aliphatic carbocycles. The normalized spacial score (nSPS) is 17.6. The first-order chi connectivity index (χ1) is 9.65. The molecule has 3 nitrogen and oxygen atoms in total. The molecule has 0 saturated carbocycles. The van der Waals surface area contributed by atoms with Crippen LogP contribution in [0.3, 0.4) is 0 Å². The molecular formula is C16H14FNO2. The summed E-state index contributed by atoms with van der Waals surface area (Å²) in [6, 6.07) is 12.1. The Morgan fingerprint density at radius 1 is 1.15 bits per heavy atom. The van der Waals surface area contributed by atoms with E-state index in [1.807, 2.05) is 18.2 Å². The molecule has 0 fully saturated rings. The van der Waals surface area contributed by atoms with Gasteiger partial charge in [-0.15, -0.1) is 0 Å². The monoisotopic (exact) mass is 271 g/mol. The zero-order valence-electron chi connectivity index (χ0n) is 10.8. The zero-order chi connectivity index (χ0) is 14.1. The number of fused-ring (bicyclic) bond motifs is 1. The number of carbonyl (C=O) groups is 1. The second-order valence-corrected chi connectivity index (χ2v) is 4.82. The lowest BCUT2D eigenvalue weighted by Crippen LogP contribution is -2.28. The summed E-state index contributed by atoms with van der Waals surface area (Å²) in [4.78, 5) is 11.4. The van der Waals surface area contributed by atoms with Crippen LogP contribution in [0.2, 0.25) is 0 Å². The first-order valence-corrected chi connectivity index (χ1v) is 6.45. The average molecular weight is 271 g/mol. The molecule has 1 aliphatic heterocycles. The zero-order valence-corrected chi connectivity index (χ0v) is 10.8. The van der Waals surface area contributed by atoms with Gasteiger partial charge in [-0.2, -0.15) is 0 Å². The second-order valence-electron chi connectivity index (χ2n) is 4.82. The number of primary amides is 1. The molecule has 0 spiro atoms. The number of hydrogen-bond acceptors (Lipinski definition) is 2. The molecule has 0 radical (unpaired) electrons. The van der Waals surface area contributed by atoms with E-state index in [1.54, 1.807) is 12.1 Å². The SMILES string of the molecule is NC(=O)C1OCCc2cc(-c3ccc(F)cc3)ccc21. The molecule has 2 aromatic carbocycles. The Labute approximate surface area is 116 Å². The van der Waals surface area contributed by atoms with Crippen molar-refractivity contribution in [2.45, 2.75) is 12.5 Å². The van der Waals surface area contributed by atoms with Crippen LogP contribution in [-0.4, -0.2) is 12.5 Å². The van der Waals surface area contributed by atoms with Gasteiger partial charge in [-0.1, -0.05) is 30.3 Å². The smallest absolute Gasteiger partial charge is 0.251 e. The fourth-order valence-corrected chi connectivity index (χ4v) is 2.51. The largest absolute Gasteiger partial charge is 0.367 e. The maximum atomic E-state index is 12.9. The van der Waals surface area contributed by atoms with E-state index in [1.165, 1.54) is 12.1 Å². The van der Waals surface area contributed by atoms with E-state index < -0.39 is 12.0 Å². The number of amides is 1. The number of nitrogens with two attached hydrogens (primary N) is 1. The predicted molar refractivity (Wildman–Crippen MR) is 73.4 cm³/mol. The van der Waals surface area contributed by atoms with Crippen molar-refractivity contribution in [2.24, 2.45) is 5.73 Å². The van der Waals surface area contributed by atoms with Gasteiger partial charge in [-0.25, -0.2) is 4.39 Å². The third-order valence-corrected chi connectivity index (χ3v) is 3.52. The molecule has 1 atom stereocenters. The van der Waals surface area contributed by atoms with Crippen LogP contribution in [0.5, 0.6) is 0 Å². The van der Waals surface area contributed by atoms with Gasteiger partial charge >= 0.3 is 0 Å². The average Bonchev–Trinajstić information content (AvgIpc) is 2.46. The molecule has 0 aromatic heterocycles. The van der Waals surface area contributed by atoms with E-state index in [4.69, 9.17) is 10.5 Å². The van der Waals surface area contributed by atoms with Gasteiger partial charge in [0.05, 0.1) is 6.61 Å². The summed E-state index contributed by atoms with van der Waals surface area (Å²) >= 11 is 0. The van der Waals surface area contributed by atoms with Gasteiger partial charge in [0.2, 0.25) is 0 Å². The van der Waals surface area contributed by atoms with Crippen molar-refractivity contribution in [1.82, 2.24) is 0 Å². The topological polar surface area (TPSA) is 52.3 Å². The maximum Gasteiger partial charge on any atom is 0.251 e. The third-order valence-electron chi connectivity index (χ3n) is 3.52. The number of carbonyl (C=O) groups excluding carboxylic acids is 1. The van der Waals surface area contributed by atoms with Gasteiger partial charge in [0, 0.05) is 0 Å². The van der Waals surface area contributed by atoms with Gasteiger partial charge in [0.1, 0.15) is 5.82 Å². The van der Waals surface area contributed by atoms with Crippen molar-refractivity contribution in [3.05, 3.63) is 59.4 Å². The third kappa shape index (κ3) is 2.30. The van der Waals surface area contributed by atoms with Gasteiger partial charge in [0.15, 0.2) is 6.10 Å². The molecule has 102 valence electrons. The summed E-state index contributed by atoms with van der Waals surface area (Å²) in [5.41, 5.74) is 9.16. The van der Waals surface area contributed by atoms with E-state index in [0.29, 0.717) is 6.61 Å². The van der Waals surface area contributed by atoms with Gasteiger partial charge in [0.25, 0.3) is 5.91 Å². The standard InChI is InChI=1S/C16H14FNO2/c17-13-4-1-10(2-5-13)11-3-6-14-12(9-11)7-8-20-15(14)16(18)19/h1-6,9,15H,7-8H2,(H2,18,19). The fourth-order valence-electron chi connectivity index (χ4n) is 2.51. The lowest BCUT2D eigenvalue weighted by atomic mass is 9.93. The fraction of sp³-hybridized carbons (Fsp3) is 0.188. The van der Waals surface area contributed by atoms with Gasteiger partial charge in [-0.05, 0) is 40.8 Å².